The van der Waals surface area contributed by atoms with E-state index in [1.165, 1.54) is 48.1 Å². The fourth-order valence-electron chi connectivity index (χ4n) is 11.0. The second-order valence-corrected chi connectivity index (χ2v) is 20.7. The lowest BCUT2D eigenvalue weighted by molar-refractivity contribution is -0.349. The fourth-order valence-corrected chi connectivity index (χ4v) is 11.0. The summed E-state index contributed by atoms with van der Waals surface area (Å²) in [5.41, 5.74) is 0.703. The number of ether oxygens (including phenoxy) is 8. The number of aromatic nitrogens is 3. The van der Waals surface area contributed by atoms with E-state index in [1.54, 1.807) is 31.2 Å². The number of hydrogen-bond acceptors (Lipinski definition) is 21. The van der Waals surface area contributed by atoms with Crippen LogP contribution < -0.4 is 5.32 Å². The third-order valence-corrected chi connectivity index (χ3v) is 15.3. The molecule has 2 saturated carbocycles. The molecular formula is C52H71FN4O20. The Kier molecular flexibility index (Phi) is 20.1. The first-order chi connectivity index (χ1) is 37.0. The van der Waals surface area contributed by atoms with Crippen molar-refractivity contribution in [3.63, 3.8) is 0 Å². The van der Waals surface area contributed by atoms with Crippen molar-refractivity contribution in [2.75, 3.05) is 26.4 Å². The molecule has 2 aromatic carbocycles. The minimum absolute atomic E-state index is 0.00875. The zero-order chi connectivity index (χ0) is 55.1. The normalized spacial score (nSPS) is 36.4. The maximum absolute atomic E-state index is 14.2. The molecule has 24 nitrogen and oxygen atoms in total. The molecule has 77 heavy (non-hydrogen) atoms. The van der Waals surface area contributed by atoms with Gasteiger partial charge in [-0.2, -0.15) is 0 Å². The van der Waals surface area contributed by atoms with E-state index in [2.05, 4.69) is 15.6 Å². The Morgan fingerprint density at radius 1 is 0.779 bits per heavy atom. The Bertz CT molecular complexity index is 2390. The molecule has 3 aromatic rings. The molecule has 12 unspecified atom stereocenters. The van der Waals surface area contributed by atoms with Gasteiger partial charge in [0.1, 0.15) is 72.5 Å². The number of rotatable bonds is 20. The first kappa shape index (κ1) is 58.5. The van der Waals surface area contributed by atoms with Gasteiger partial charge >= 0.3 is 11.9 Å². The molecule has 1 aromatic heterocycles. The van der Waals surface area contributed by atoms with Crippen LogP contribution in [0.5, 0.6) is 0 Å². The Morgan fingerprint density at radius 3 is 2.19 bits per heavy atom. The van der Waals surface area contributed by atoms with Crippen molar-refractivity contribution in [2.24, 2.45) is 17.8 Å². The van der Waals surface area contributed by atoms with Crippen molar-refractivity contribution in [3.05, 3.63) is 72.2 Å². The van der Waals surface area contributed by atoms with Crippen molar-refractivity contribution in [1.82, 2.24) is 20.3 Å². The van der Waals surface area contributed by atoms with Crippen molar-refractivity contribution in [2.45, 2.75) is 176 Å². The van der Waals surface area contributed by atoms with Crippen LogP contribution in [-0.4, -0.2) is 209 Å². The highest BCUT2D eigenvalue weighted by Crippen LogP contribution is 2.40. The second kappa shape index (κ2) is 26.5. The van der Waals surface area contributed by atoms with Crippen LogP contribution in [0.4, 0.5) is 4.39 Å². The Morgan fingerprint density at radius 2 is 1.49 bits per heavy atom. The van der Waals surface area contributed by atoms with E-state index in [4.69, 9.17) is 37.9 Å². The highest BCUT2D eigenvalue weighted by molar-refractivity contribution is 5.89. The molecule has 3 aliphatic heterocycles. The zero-order valence-corrected chi connectivity index (χ0v) is 42.6. The summed E-state index contributed by atoms with van der Waals surface area (Å²) in [6.45, 7) is 1.28. The van der Waals surface area contributed by atoms with Gasteiger partial charge < -0.3 is 89.2 Å². The minimum atomic E-state index is -1.76. The van der Waals surface area contributed by atoms with Crippen molar-refractivity contribution >= 4 is 17.8 Å². The monoisotopic (exact) mass is 1090 g/mol. The summed E-state index contributed by atoms with van der Waals surface area (Å²) >= 11 is 0. The van der Waals surface area contributed by atoms with E-state index >= 15 is 0 Å². The van der Waals surface area contributed by atoms with Gasteiger partial charge in [0.15, 0.2) is 31.1 Å². The van der Waals surface area contributed by atoms with E-state index in [1.807, 2.05) is 0 Å². The number of carboxylic acid groups (broad SMARTS) is 1. The molecule has 5 fully saturated rings. The highest BCUT2D eigenvalue weighted by atomic mass is 19.1. The number of aliphatic hydroxyl groups excluding tert-OH is 8. The number of aliphatic hydroxyl groups is 8. The van der Waals surface area contributed by atoms with Crippen LogP contribution in [0.2, 0.25) is 0 Å². The number of aliphatic carboxylic acids is 1. The molecule has 0 bridgehead atoms. The van der Waals surface area contributed by atoms with Crippen molar-refractivity contribution < 1.29 is 103 Å². The SMILES string of the molecule is CC1CC(C(=O)NCCO[C@H]2OC(CO)[C@@H](O)C(n3cc(-c4cccc(F)c4)nn3)C2O)C[C@@H](O[C@@H]2OC(CO)[C@H](O)C(O[C@@H](CC3CCCCC3)C(=O)O)C2OC(=O)c2ccccc2)C1O[C@@H]1OC(C)[C@@H](O)C(O)C1O. The van der Waals surface area contributed by atoms with Crippen LogP contribution in [0.15, 0.2) is 60.8 Å². The number of benzene rings is 2. The molecule has 0 radical (unpaired) electrons. The Balaban J connectivity index is 1.01. The van der Waals surface area contributed by atoms with Crippen LogP contribution in [0.3, 0.4) is 0 Å². The maximum Gasteiger partial charge on any atom is 0.338 e. The molecule has 20 atom stereocenters. The van der Waals surface area contributed by atoms with Gasteiger partial charge in [0, 0.05) is 18.0 Å². The molecule has 5 aliphatic rings. The lowest BCUT2D eigenvalue weighted by Crippen LogP contribution is -2.64. The second-order valence-electron chi connectivity index (χ2n) is 20.7. The number of amides is 1. The number of esters is 1. The Labute approximate surface area is 442 Å². The summed E-state index contributed by atoms with van der Waals surface area (Å²) in [6, 6.07) is 12.1. The van der Waals surface area contributed by atoms with E-state index in [0.717, 1.165) is 32.1 Å². The molecule has 3 saturated heterocycles. The molecule has 25 heteroatoms. The topological polar surface area (TPSA) is 350 Å². The number of carbonyl (C=O) groups is 3. The average molecular weight is 1090 g/mol. The third-order valence-electron chi connectivity index (χ3n) is 15.3. The molecule has 1 amide bonds. The zero-order valence-electron chi connectivity index (χ0n) is 42.6. The summed E-state index contributed by atoms with van der Waals surface area (Å²) in [7, 11) is 0. The number of carbonyl (C=O) groups excluding carboxylic acids is 2. The Hall–Kier alpha value is -4.68. The van der Waals surface area contributed by atoms with Crippen molar-refractivity contribution in [1.29, 1.82) is 0 Å². The summed E-state index contributed by atoms with van der Waals surface area (Å²) < 4.78 is 64.0. The molecule has 426 valence electrons. The lowest BCUT2D eigenvalue weighted by atomic mass is 9.77. The van der Waals surface area contributed by atoms with Gasteiger partial charge in [0.2, 0.25) is 5.91 Å². The predicted molar refractivity (Wildman–Crippen MR) is 260 cm³/mol. The van der Waals surface area contributed by atoms with Gasteiger partial charge in [0.25, 0.3) is 0 Å². The molecular weight excluding hydrogens is 1020 g/mol. The minimum Gasteiger partial charge on any atom is -0.479 e. The molecule has 10 N–H and O–H groups in total. The van der Waals surface area contributed by atoms with Gasteiger partial charge in [-0.25, -0.2) is 18.7 Å². The van der Waals surface area contributed by atoms with Gasteiger partial charge in [-0.1, -0.05) is 74.6 Å². The van der Waals surface area contributed by atoms with Gasteiger partial charge in [-0.3, -0.25) is 4.79 Å². The summed E-state index contributed by atoms with van der Waals surface area (Å²) in [5, 5.41) is 109. The summed E-state index contributed by atoms with van der Waals surface area (Å²) in [4.78, 5) is 40.9. The van der Waals surface area contributed by atoms with Gasteiger partial charge in [-0.15, -0.1) is 5.10 Å². The van der Waals surface area contributed by atoms with Crippen molar-refractivity contribution in [3.8, 4) is 11.3 Å². The standard InChI is InChI=1S/C52H71FN4O20/c1-25-18-30(47(66)54-16-17-70-50-41(63)37(39(61)35(23-58)74-50)57-22-32(55-56-57)29-14-9-15-31(53)20-29)21-33(44(25)77-51-43(65)42(64)38(60)26(2)71-51)73-52-46(76-49(69)28-12-7-4-8-13-28)45(40(62)36(24-59)75-52)72-34(48(67)68)19-27-10-5-3-6-11-27/h4,7-9,12-15,20,22,25-27,30,33-46,50-52,58-65H,3,5-6,10-11,16-19,21,23-24H2,1-2H3,(H,54,66)(H,67,68)/t25?,26?,30?,33-,34+,35?,36?,37?,38-,39-,40+,41?,42?,43?,44?,45?,46?,50+,51+,52-/m1/s1. The average Bonchev–Trinajstić information content (AvgIpc) is 3.92. The quantitative estimate of drug-likeness (QED) is 0.0524. The fraction of sp³-hybridized carbons (Fsp3) is 0.673. The molecule has 0 spiro atoms. The van der Waals surface area contributed by atoms with Gasteiger partial charge in [-0.05, 0) is 62.3 Å². The highest BCUT2D eigenvalue weighted by Gasteiger charge is 2.54. The van der Waals surface area contributed by atoms with Crippen LogP contribution >= 0.6 is 0 Å². The molecule has 4 heterocycles. The van der Waals surface area contributed by atoms with Gasteiger partial charge in [0.05, 0.1) is 49.9 Å². The number of halogens is 1. The maximum atomic E-state index is 14.2. The van der Waals surface area contributed by atoms with Crippen LogP contribution in [-0.2, 0) is 47.5 Å². The summed E-state index contributed by atoms with van der Waals surface area (Å²) in [6.07, 6.45) is -19.6. The number of nitrogens with zero attached hydrogens (tertiary/aromatic N) is 3. The number of nitrogens with one attached hydrogen (secondary N) is 1. The van der Waals surface area contributed by atoms with Crippen LogP contribution in [0.1, 0.15) is 81.6 Å². The lowest BCUT2D eigenvalue weighted by Gasteiger charge is -2.48. The van der Waals surface area contributed by atoms with E-state index in [0.29, 0.717) is 5.56 Å². The number of hydrogen-bond donors (Lipinski definition) is 10. The van der Waals surface area contributed by atoms with Crippen LogP contribution in [0, 0.1) is 23.6 Å². The van der Waals surface area contributed by atoms with E-state index < -0.39 is 159 Å². The smallest absolute Gasteiger partial charge is 0.338 e. The third kappa shape index (κ3) is 13.8. The van der Waals surface area contributed by atoms with Crippen LogP contribution in [0.25, 0.3) is 11.3 Å². The molecule has 8 rings (SSSR count). The van der Waals surface area contributed by atoms with E-state index in [9.17, 15) is 64.7 Å². The summed E-state index contributed by atoms with van der Waals surface area (Å²) in [5.74, 6) is -4.79. The first-order valence-corrected chi connectivity index (χ1v) is 26.2. The largest absolute Gasteiger partial charge is 0.479 e. The van der Waals surface area contributed by atoms with E-state index in [-0.39, 0.29) is 49.6 Å². The molecule has 2 aliphatic carbocycles. The predicted octanol–water partition coefficient (Wildman–Crippen LogP) is -0.0464. The first-order valence-electron chi connectivity index (χ1n) is 26.2. The number of carboxylic acids is 1.